The van der Waals surface area contributed by atoms with Crippen molar-refractivity contribution in [3.8, 4) is 0 Å². The fourth-order valence-corrected chi connectivity index (χ4v) is 5.84. The van der Waals surface area contributed by atoms with Crippen LogP contribution in [0.4, 0.5) is 20.2 Å². The maximum absolute atomic E-state index is 13.5. The lowest BCUT2D eigenvalue weighted by Crippen LogP contribution is -2.31. The molecule has 36 heavy (non-hydrogen) atoms. The van der Waals surface area contributed by atoms with Crippen LogP contribution >= 0.6 is 11.6 Å². The van der Waals surface area contributed by atoms with Gasteiger partial charge in [0.05, 0.1) is 22.4 Å². The Morgan fingerprint density at radius 2 is 1.94 bits per heavy atom. The van der Waals surface area contributed by atoms with E-state index in [0.29, 0.717) is 40.5 Å². The highest BCUT2D eigenvalue weighted by Crippen LogP contribution is 2.39. The van der Waals surface area contributed by atoms with E-state index >= 15 is 0 Å². The van der Waals surface area contributed by atoms with E-state index in [1.54, 1.807) is 18.2 Å². The van der Waals surface area contributed by atoms with Gasteiger partial charge in [0.15, 0.2) is 15.5 Å². The number of anilines is 2. The first-order valence-corrected chi connectivity index (χ1v) is 14.1. The molecule has 0 saturated carbocycles. The van der Waals surface area contributed by atoms with E-state index in [9.17, 15) is 17.2 Å². The summed E-state index contributed by atoms with van der Waals surface area (Å²) < 4.78 is 65.6. The Labute approximate surface area is 212 Å². The zero-order valence-corrected chi connectivity index (χ0v) is 21.5. The summed E-state index contributed by atoms with van der Waals surface area (Å²) in [4.78, 5) is 9.18. The predicted molar refractivity (Wildman–Crippen MR) is 132 cm³/mol. The van der Waals surface area contributed by atoms with Crippen LogP contribution in [0.15, 0.2) is 29.2 Å². The monoisotopic (exact) mass is 540 g/mol. The SMILES string of the molecule is Cc1nc2c(Nc3ccc([C@@H]4CCC(F)(F)CO4)cc3S(C)(=O)=O)cc(Cl)nc2n1C1CCCCO1. The summed E-state index contributed by atoms with van der Waals surface area (Å²) in [7, 11) is -3.68. The minimum atomic E-state index is -3.68. The normalized spacial score (nSPS) is 22.6. The first kappa shape index (κ1) is 25.3. The third-order valence-corrected chi connectivity index (χ3v) is 7.88. The van der Waals surface area contributed by atoms with Gasteiger partial charge >= 0.3 is 0 Å². The lowest BCUT2D eigenvalue weighted by Gasteiger charge is -2.29. The maximum atomic E-state index is 13.5. The van der Waals surface area contributed by atoms with E-state index in [-0.39, 0.29) is 29.1 Å². The fourth-order valence-electron chi connectivity index (χ4n) is 4.79. The van der Waals surface area contributed by atoms with Gasteiger partial charge < -0.3 is 14.8 Å². The summed E-state index contributed by atoms with van der Waals surface area (Å²) in [5.74, 6) is -2.16. The Kier molecular flexibility index (Phi) is 6.69. The minimum Gasteiger partial charge on any atom is -0.367 e. The van der Waals surface area contributed by atoms with E-state index in [2.05, 4.69) is 15.3 Å². The number of nitrogens with one attached hydrogen (secondary N) is 1. The zero-order chi connectivity index (χ0) is 25.7. The third kappa shape index (κ3) is 5.06. The lowest BCUT2D eigenvalue weighted by atomic mass is 9.99. The van der Waals surface area contributed by atoms with Crippen molar-refractivity contribution in [3.05, 3.63) is 40.8 Å². The number of halogens is 3. The molecule has 1 unspecified atom stereocenters. The van der Waals surface area contributed by atoms with E-state index in [4.69, 9.17) is 21.1 Å². The summed E-state index contributed by atoms with van der Waals surface area (Å²) in [6.45, 7) is 1.83. The smallest absolute Gasteiger partial charge is 0.271 e. The Bertz CT molecular complexity index is 1400. The van der Waals surface area contributed by atoms with Crippen LogP contribution in [0.3, 0.4) is 0 Å². The first-order valence-electron chi connectivity index (χ1n) is 11.8. The van der Waals surface area contributed by atoms with E-state index in [1.807, 2.05) is 11.5 Å². The molecule has 3 aromatic rings. The van der Waals surface area contributed by atoms with Crippen LogP contribution in [-0.4, -0.2) is 48.3 Å². The largest absolute Gasteiger partial charge is 0.367 e. The number of nitrogens with zero attached hydrogens (tertiary/aromatic N) is 3. The van der Waals surface area contributed by atoms with Crippen molar-refractivity contribution in [2.45, 2.75) is 62.2 Å². The maximum Gasteiger partial charge on any atom is 0.271 e. The second-order valence-electron chi connectivity index (χ2n) is 9.36. The van der Waals surface area contributed by atoms with Crippen LogP contribution in [0.25, 0.3) is 11.2 Å². The molecule has 1 N–H and O–H groups in total. The van der Waals surface area contributed by atoms with Gasteiger partial charge in [0.25, 0.3) is 5.92 Å². The molecule has 2 aliphatic rings. The number of hydrogen-bond acceptors (Lipinski definition) is 7. The summed E-state index contributed by atoms with van der Waals surface area (Å²) in [5.41, 5.74) is 2.42. The number of fused-ring (bicyclic) bond motifs is 1. The molecule has 2 aromatic heterocycles. The van der Waals surface area contributed by atoms with E-state index in [0.717, 1.165) is 25.5 Å². The van der Waals surface area contributed by atoms with Gasteiger partial charge in [-0.25, -0.2) is 27.2 Å². The second-order valence-corrected chi connectivity index (χ2v) is 11.7. The van der Waals surface area contributed by atoms with Crippen LogP contribution in [0.5, 0.6) is 0 Å². The molecule has 194 valence electrons. The predicted octanol–water partition coefficient (Wildman–Crippen LogP) is 5.73. The second kappa shape index (κ2) is 9.51. The Balaban J connectivity index is 1.53. The number of aryl methyl sites for hydroxylation is 1. The Morgan fingerprint density at radius 3 is 2.61 bits per heavy atom. The van der Waals surface area contributed by atoms with Crippen molar-refractivity contribution in [1.29, 1.82) is 0 Å². The van der Waals surface area contributed by atoms with Crippen molar-refractivity contribution in [3.63, 3.8) is 0 Å². The molecule has 0 bridgehead atoms. The number of benzene rings is 1. The van der Waals surface area contributed by atoms with Crippen molar-refractivity contribution in [1.82, 2.24) is 14.5 Å². The van der Waals surface area contributed by atoms with Crippen molar-refractivity contribution in [2.75, 3.05) is 24.8 Å². The van der Waals surface area contributed by atoms with Gasteiger partial charge in [0.1, 0.15) is 29.3 Å². The van der Waals surface area contributed by atoms with E-state index in [1.165, 1.54) is 6.07 Å². The average Bonchev–Trinajstić information content (AvgIpc) is 3.15. The summed E-state index contributed by atoms with van der Waals surface area (Å²) in [6, 6.07) is 6.36. The first-order chi connectivity index (χ1) is 17.0. The van der Waals surface area contributed by atoms with Gasteiger partial charge in [-0.1, -0.05) is 17.7 Å². The summed E-state index contributed by atoms with van der Waals surface area (Å²) >= 11 is 6.36. The summed E-state index contributed by atoms with van der Waals surface area (Å²) in [6.07, 6.45) is 2.95. The van der Waals surface area contributed by atoms with Gasteiger partial charge in [0, 0.05) is 25.3 Å². The molecule has 0 radical (unpaired) electrons. The number of pyridine rings is 1. The quantitative estimate of drug-likeness (QED) is 0.413. The number of aromatic nitrogens is 3. The molecule has 1 aromatic carbocycles. The van der Waals surface area contributed by atoms with Crippen molar-refractivity contribution >= 4 is 44.0 Å². The van der Waals surface area contributed by atoms with Crippen LogP contribution in [0, 0.1) is 6.92 Å². The highest BCUT2D eigenvalue weighted by atomic mass is 35.5. The number of rotatable bonds is 5. The highest BCUT2D eigenvalue weighted by molar-refractivity contribution is 7.90. The molecule has 8 nitrogen and oxygen atoms in total. The van der Waals surface area contributed by atoms with Gasteiger partial charge in [-0.2, -0.15) is 0 Å². The third-order valence-electron chi connectivity index (χ3n) is 6.55. The molecule has 0 spiro atoms. The van der Waals surface area contributed by atoms with Crippen LogP contribution in [0.2, 0.25) is 5.15 Å². The molecule has 5 rings (SSSR count). The molecular weight excluding hydrogens is 514 g/mol. The fraction of sp³-hybridized carbons (Fsp3) is 0.500. The zero-order valence-electron chi connectivity index (χ0n) is 19.9. The standard InChI is InChI=1S/C24H27ClF2N4O4S/c1-14-28-22-17(12-20(25)30-23(22)31(14)21-5-3-4-10-34-21)29-16-7-6-15(11-19(16)36(2,32)33)18-8-9-24(26,27)13-35-18/h6-7,11-12,18,21H,3-5,8-10,13H2,1-2H3,(H,29,30)/t18-,21?/m0/s1. The van der Waals surface area contributed by atoms with Gasteiger partial charge in [-0.15, -0.1) is 0 Å². The van der Waals surface area contributed by atoms with Crippen LogP contribution in [-0.2, 0) is 19.3 Å². The molecule has 12 heteroatoms. The molecule has 0 amide bonds. The van der Waals surface area contributed by atoms with Gasteiger partial charge in [0.2, 0.25) is 0 Å². The Morgan fingerprint density at radius 1 is 1.14 bits per heavy atom. The molecular formula is C24H27ClF2N4O4S. The number of alkyl halides is 2. The molecule has 2 atom stereocenters. The number of imidazole rings is 1. The Hall–Kier alpha value is -2.34. The molecule has 2 saturated heterocycles. The summed E-state index contributed by atoms with van der Waals surface area (Å²) in [5, 5.41) is 3.39. The number of hydrogen-bond donors (Lipinski definition) is 1. The lowest BCUT2D eigenvalue weighted by molar-refractivity contribution is -0.145. The van der Waals surface area contributed by atoms with E-state index < -0.39 is 28.5 Å². The molecule has 2 aliphatic heterocycles. The molecule has 2 fully saturated rings. The molecule has 4 heterocycles. The minimum absolute atomic E-state index is 0.0220. The van der Waals surface area contributed by atoms with Gasteiger partial charge in [-0.3, -0.25) is 4.57 Å². The topological polar surface area (TPSA) is 95.3 Å². The average molecular weight is 541 g/mol. The van der Waals surface area contributed by atoms with Crippen LogP contribution < -0.4 is 5.32 Å². The molecule has 0 aliphatic carbocycles. The van der Waals surface area contributed by atoms with Crippen LogP contribution in [0.1, 0.15) is 55.8 Å². The highest BCUT2D eigenvalue weighted by Gasteiger charge is 2.36. The van der Waals surface area contributed by atoms with Gasteiger partial charge in [-0.05, 0) is 50.3 Å². The van der Waals surface area contributed by atoms with Crippen molar-refractivity contribution < 1.29 is 26.7 Å². The number of sulfone groups is 1. The van der Waals surface area contributed by atoms with Crippen molar-refractivity contribution in [2.24, 2.45) is 0 Å². The number of ether oxygens (including phenoxy) is 2.